The van der Waals surface area contributed by atoms with Crippen LogP contribution >= 0.6 is 0 Å². The van der Waals surface area contributed by atoms with Gasteiger partial charge in [-0.1, -0.05) is 6.07 Å². The summed E-state index contributed by atoms with van der Waals surface area (Å²) in [7, 11) is -3.31. The van der Waals surface area contributed by atoms with Gasteiger partial charge >= 0.3 is 5.69 Å². The molecule has 2 aromatic rings. The van der Waals surface area contributed by atoms with Crippen molar-refractivity contribution in [2.24, 2.45) is 0 Å². The molecule has 1 heterocycles. The minimum atomic E-state index is -3.31. The lowest BCUT2D eigenvalue weighted by Gasteiger charge is -2.14. The van der Waals surface area contributed by atoms with Crippen LogP contribution in [-0.2, 0) is 27.7 Å². The summed E-state index contributed by atoms with van der Waals surface area (Å²) in [6, 6.07) is 5.69. The Labute approximate surface area is 179 Å². The van der Waals surface area contributed by atoms with Crippen LogP contribution in [-0.4, -0.2) is 42.2 Å². The Morgan fingerprint density at radius 3 is 2.65 bits per heavy atom. The average molecular weight is 455 g/mol. The lowest BCUT2D eigenvalue weighted by atomic mass is 10.1. The Bertz CT molecular complexity index is 1090. The molecule has 31 heavy (non-hydrogen) atoms. The number of hydrogen-bond acceptors (Lipinski definition) is 6. The number of aryl methyl sites for hydroxylation is 1. The molecule has 0 atom stereocenters. The van der Waals surface area contributed by atoms with Crippen molar-refractivity contribution in [3.8, 4) is 5.75 Å². The first-order valence-electron chi connectivity index (χ1n) is 10.4. The molecule has 0 saturated heterocycles. The molecule has 1 aliphatic rings. The fraction of sp³-hybridized carbons (Fsp3) is 0.524. The van der Waals surface area contributed by atoms with Crippen LogP contribution in [0, 0.1) is 5.82 Å². The predicted molar refractivity (Wildman–Crippen MR) is 114 cm³/mol. The molecule has 0 spiro atoms. The Morgan fingerprint density at radius 1 is 1.13 bits per heavy atom. The SMILES string of the molecule is O=c1ccn(COCCCS(=O)(=O)CCc2ccc(F)c(OC3CCCC3)c2)c(=O)[nH]1. The highest BCUT2D eigenvalue weighted by molar-refractivity contribution is 7.91. The maximum Gasteiger partial charge on any atom is 0.330 e. The van der Waals surface area contributed by atoms with Crippen LogP contribution in [0.1, 0.15) is 37.7 Å². The van der Waals surface area contributed by atoms with Gasteiger partial charge in [0.25, 0.3) is 5.56 Å². The van der Waals surface area contributed by atoms with Gasteiger partial charge in [-0.05, 0) is 56.2 Å². The van der Waals surface area contributed by atoms with Crippen molar-refractivity contribution in [2.75, 3.05) is 18.1 Å². The molecule has 8 nitrogen and oxygen atoms in total. The third-order valence-electron chi connectivity index (χ3n) is 5.16. The number of nitrogens with one attached hydrogen (secondary N) is 1. The van der Waals surface area contributed by atoms with Crippen molar-refractivity contribution in [3.05, 3.63) is 62.7 Å². The van der Waals surface area contributed by atoms with Crippen LogP contribution < -0.4 is 16.0 Å². The van der Waals surface area contributed by atoms with Crippen LogP contribution in [0.15, 0.2) is 40.1 Å². The largest absolute Gasteiger partial charge is 0.487 e. The number of sulfone groups is 1. The van der Waals surface area contributed by atoms with Crippen molar-refractivity contribution in [1.82, 2.24) is 9.55 Å². The summed E-state index contributed by atoms with van der Waals surface area (Å²) in [4.78, 5) is 24.6. The van der Waals surface area contributed by atoms with E-state index in [1.54, 1.807) is 12.1 Å². The van der Waals surface area contributed by atoms with E-state index in [0.29, 0.717) is 5.56 Å². The number of H-pyrrole nitrogens is 1. The summed E-state index contributed by atoms with van der Waals surface area (Å²) in [5.41, 5.74) is -0.368. The minimum Gasteiger partial charge on any atom is -0.487 e. The molecule has 170 valence electrons. The van der Waals surface area contributed by atoms with Gasteiger partial charge in [0.2, 0.25) is 0 Å². The molecule has 1 saturated carbocycles. The topological polar surface area (TPSA) is 107 Å². The third kappa shape index (κ3) is 7.32. The van der Waals surface area contributed by atoms with E-state index >= 15 is 0 Å². The Balaban J connectivity index is 1.42. The first kappa shape index (κ1) is 23.2. The molecule has 0 radical (unpaired) electrons. The Kier molecular flexibility index (Phi) is 8.03. The first-order valence-corrected chi connectivity index (χ1v) is 12.2. The van der Waals surface area contributed by atoms with Gasteiger partial charge in [-0.2, -0.15) is 0 Å². The summed E-state index contributed by atoms with van der Waals surface area (Å²) < 4.78 is 50.8. The minimum absolute atomic E-state index is 0.0282. The zero-order valence-corrected chi connectivity index (χ0v) is 18.0. The molecule has 1 aliphatic carbocycles. The van der Waals surface area contributed by atoms with E-state index in [0.717, 1.165) is 25.7 Å². The molecule has 1 aromatic heterocycles. The van der Waals surface area contributed by atoms with Gasteiger partial charge in [-0.25, -0.2) is 17.6 Å². The lowest BCUT2D eigenvalue weighted by Crippen LogP contribution is -2.29. The van der Waals surface area contributed by atoms with E-state index in [9.17, 15) is 22.4 Å². The fourth-order valence-electron chi connectivity index (χ4n) is 3.44. The van der Waals surface area contributed by atoms with Gasteiger partial charge in [-0.3, -0.25) is 14.3 Å². The second kappa shape index (κ2) is 10.7. The summed E-state index contributed by atoms with van der Waals surface area (Å²) in [5, 5.41) is 0. The van der Waals surface area contributed by atoms with Crippen molar-refractivity contribution >= 4 is 9.84 Å². The molecule has 3 rings (SSSR count). The molecule has 0 aliphatic heterocycles. The van der Waals surface area contributed by atoms with Crippen molar-refractivity contribution in [2.45, 2.75) is 51.4 Å². The van der Waals surface area contributed by atoms with Crippen molar-refractivity contribution in [1.29, 1.82) is 0 Å². The smallest absolute Gasteiger partial charge is 0.330 e. The summed E-state index contributed by atoms with van der Waals surface area (Å²) >= 11 is 0. The van der Waals surface area contributed by atoms with E-state index in [1.165, 1.54) is 22.9 Å². The second-order valence-electron chi connectivity index (χ2n) is 7.66. The van der Waals surface area contributed by atoms with Gasteiger partial charge in [0.1, 0.15) is 6.73 Å². The van der Waals surface area contributed by atoms with Gasteiger partial charge < -0.3 is 9.47 Å². The number of benzene rings is 1. The number of aromatic amines is 1. The Morgan fingerprint density at radius 2 is 1.90 bits per heavy atom. The summed E-state index contributed by atoms with van der Waals surface area (Å²) in [5.74, 6) is -0.356. The normalized spacial score (nSPS) is 14.7. The molecule has 0 bridgehead atoms. The number of nitrogens with zero attached hydrogens (tertiary/aromatic N) is 1. The monoisotopic (exact) mass is 454 g/mol. The van der Waals surface area contributed by atoms with Crippen LogP contribution in [0.4, 0.5) is 4.39 Å². The molecule has 0 unspecified atom stereocenters. The summed E-state index contributed by atoms with van der Waals surface area (Å²) in [6.45, 7) is 0.0791. The van der Waals surface area contributed by atoms with Gasteiger partial charge in [0.15, 0.2) is 21.4 Å². The first-order chi connectivity index (χ1) is 14.8. The molecule has 0 amide bonds. The third-order valence-corrected chi connectivity index (χ3v) is 6.90. The molecule has 1 fully saturated rings. The number of aromatic nitrogens is 2. The molecule has 1 N–H and O–H groups in total. The molecular formula is C21H27FN2O6S. The lowest BCUT2D eigenvalue weighted by molar-refractivity contribution is 0.0745. The highest BCUT2D eigenvalue weighted by atomic mass is 32.2. The van der Waals surface area contributed by atoms with E-state index in [2.05, 4.69) is 4.98 Å². The van der Waals surface area contributed by atoms with Crippen LogP contribution in [0.3, 0.4) is 0 Å². The molecule has 1 aromatic carbocycles. The van der Waals surface area contributed by atoms with Crippen LogP contribution in [0.5, 0.6) is 5.75 Å². The highest BCUT2D eigenvalue weighted by Crippen LogP contribution is 2.27. The van der Waals surface area contributed by atoms with Gasteiger partial charge in [-0.15, -0.1) is 0 Å². The number of hydrogen-bond donors (Lipinski definition) is 1. The number of rotatable bonds is 11. The van der Waals surface area contributed by atoms with Crippen LogP contribution in [0.25, 0.3) is 0 Å². The molecule has 10 heteroatoms. The summed E-state index contributed by atoms with van der Waals surface area (Å²) in [6.07, 6.45) is 5.88. The second-order valence-corrected chi connectivity index (χ2v) is 9.97. The maximum atomic E-state index is 14.0. The highest BCUT2D eigenvalue weighted by Gasteiger charge is 2.19. The maximum absolute atomic E-state index is 14.0. The van der Waals surface area contributed by atoms with Crippen molar-refractivity contribution in [3.63, 3.8) is 0 Å². The van der Waals surface area contributed by atoms with E-state index in [1.807, 2.05) is 0 Å². The average Bonchev–Trinajstić information content (AvgIpc) is 3.23. The number of halogens is 1. The molecular weight excluding hydrogens is 427 g/mol. The standard InChI is InChI=1S/C21H27FN2O6S/c22-18-7-6-16(14-19(18)30-17-4-1-2-5-17)9-13-31(27,28)12-3-11-29-15-24-10-8-20(25)23-21(24)26/h6-8,10,14,17H,1-5,9,11-13,15H2,(H,23,25,26). The van der Waals surface area contributed by atoms with Crippen molar-refractivity contribution < 1.29 is 22.3 Å². The zero-order chi connectivity index (χ0) is 22.3. The predicted octanol–water partition coefficient (Wildman–Crippen LogP) is 2.02. The fourth-order valence-corrected chi connectivity index (χ4v) is 4.75. The van der Waals surface area contributed by atoms with E-state index < -0.39 is 26.9 Å². The zero-order valence-electron chi connectivity index (χ0n) is 17.2. The van der Waals surface area contributed by atoms with E-state index in [-0.39, 0.29) is 49.5 Å². The van der Waals surface area contributed by atoms with Gasteiger partial charge in [0.05, 0.1) is 17.6 Å². The number of ether oxygens (including phenoxy) is 2. The van der Waals surface area contributed by atoms with Gasteiger partial charge in [0, 0.05) is 18.9 Å². The van der Waals surface area contributed by atoms with Crippen LogP contribution in [0.2, 0.25) is 0 Å². The Hall–Kier alpha value is -2.46. The van der Waals surface area contributed by atoms with E-state index in [4.69, 9.17) is 9.47 Å². The quantitative estimate of drug-likeness (QED) is 0.521.